The summed E-state index contributed by atoms with van der Waals surface area (Å²) in [5.41, 5.74) is 3.57. The molecule has 0 unspecified atom stereocenters. The Balaban J connectivity index is 0.000000279. The largest absolute Gasteiger partial charge is 0.512 e. The first-order valence-electron chi connectivity index (χ1n) is 17.0. The van der Waals surface area contributed by atoms with Crippen molar-refractivity contribution in [1.82, 2.24) is 9.97 Å². The first kappa shape index (κ1) is 37.4. The van der Waals surface area contributed by atoms with Crippen molar-refractivity contribution in [1.29, 1.82) is 0 Å². The summed E-state index contributed by atoms with van der Waals surface area (Å²) in [7, 11) is 0. The van der Waals surface area contributed by atoms with Crippen LogP contribution >= 0.6 is 11.3 Å². The molecule has 0 amide bonds. The second kappa shape index (κ2) is 16.3. The summed E-state index contributed by atoms with van der Waals surface area (Å²) in [4.78, 5) is 22.2. The third-order valence-electron chi connectivity index (χ3n) is 9.10. The molecule has 253 valence electrons. The molecule has 6 aromatic rings. The Bertz CT molecular complexity index is 2050. The standard InChI is InChI=1S/C29H23N2S.C13H24O2.Ir/c1-29(2,3)16-21-15-24-25-26(20-13-12-18-8-4-5-9-19(18)14-20)30-17-31-28(25)32-27(24)23-11-7-6-10-22(21)23;1-5-10(6-2)12(14)9-13(15)11(7-3)8-4;/h4-12,14-15,17H,16H2,1-3H3;9-11,14H,5-8H2,1-4H3;/q-1;;/b;12-9-;. The second-order valence-corrected chi connectivity index (χ2v) is 14.7. The fraction of sp³-hybridized carbons (Fsp3) is 0.357. The minimum Gasteiger partial charge on any atom is -0.512 e. The van der Waals surface area contributed by atoms with Crippen molar-refractivity contribution in [2.75, 3.05) is 0 Å². The molecule has 6 heteroatoms. The molecule has 0 aliphatic rings. The normalized spacial score (nSPS) is 12.1. The van der Waals surface area contributed by atoms with E-state index in [1.807, 2.05) is 27.7 Å². The Morgan fingerprint density at radius 2 is 1.48 bits per heavy atom. The Morgan fingerprint density at radius 1 is 0.854 bits per heavy atom. The Hall–Kier alpha value is -3.44. The molecular formula is C42H47IrN2O2S-. The van der Waals surface area contributed by atoms with Crippen LogP contribution in [-0.2, 0) is 31.3 Å². The number of fused-ring (bicyclic) bond motifs is 6. The number of aliphatic hydroxyl groups excluding tert-OH is 1. The number of carbonyl (C=O) groups excluding carboxylic acids is 1. The summed E-state index contributed by atoms with van der Waals surface area (Å²) >= 11 is 1.77. The van der Waals surface area contributed by atoms with Crippen molar-refractivity contribution in [2.24, 2.45) is 17.3 Å². The van der Waals surface area contributed by atoms with Gasteiger partial charge in [-0.15, -0.1) is 40.5 Å². The van der Waals surface area contributed by atoms with E-state index in [-0.39, 0.29) is 48.9 Å². The third kappa shape index (κ3) is 8.22. The van der Waals surface area contributed by atoms with Crippen LogP contribution in [0.1, 0.15) is 79.7 Å². The molecule has 0 atom stereocenters. The zero-order valence-electron chi connectivity index (χ0n) is 29.2. The fourth-order valence-corrected chi connectivity index (χ4v) is 7.63. The van der Waals surface area contributed by atoms with Crippen LogP contribution in [0.25, 0.3) is 53.1 Å². The Labute approximate surface area is 303 Å². The van der Waals surface area contributed by atoms with Gasteiger partial charge in [-0.1, -0.05) is 102 Å². The van der Waals surface area contributed by atoms with Gasteiger partial charge in [0.05, 0.1) is 5.76 Å². The van der Waals surface area contributed by atoms with Crippen LogP contribution < -0.4 is 0 Å². The maximum absolute atomic E-state index is 11.7. The number of ketones is 1. The van der Waals surface area contributed by atoms with E-state index in [0.29, 0.717) is 0 Å². The van der Waals surface area contributed by atoms with Crippen molar-refractivity contribution >= 4 is 59.0 Å². The molecule has 0 spiro atoms. The SMILES string of the molecule is CC(C)(C)Cc1cc2c(sc3ncnc(-c4[c-]cc5ccccc5c4)c32)c2ccccc12.CCC(CC)C(=O)/C=C(\O)C(CC)CC.[Ir]. The van der Waals surface area contributed by atoms with Crippen LogP contribution in [0.3, 0.4) is 0 Å². The molecule has 1 N–H and O–H groups in total. The van der Waals surface area contributed by atoms with E-state index in [4.69, 9.17) is 4.98 Å². The van der Waals surface area contributed by atoms with Gasteiger partial charge in [-0.2, -0.15) is 0 Å². The molecular weight excluding hydrogens is 789 g/mol. The monoisotopic (exact) mass is 836 g/mol. The number of nitrogens with zero attached hydrogens (tertiary/aromatic N) is 2. The maximum atomic E-state index is 11.7. The van der Waals surface area contributed by atoms with Gasteiger partial charge in [-0.3, -0.25) is 9.78 Å². The predicted octanol–water partition coefficient (Wildman–Crippen LogP) is 12.1. The molecule has 4 aromatic carbocycles. The number of aromatic nitrogens is 2. The zero-order valence-corrected chi connectivity index (χ0v) is 32.4. The van der Waals surface area contributed by atoms with Gasteiger partial charge in [0, 0.05) is 53.8 Å². The van der Waals surface area contributed by atoms with Crippen LogP contribution in [0.5, 0.6) is 0 Å². The van der Waals surface area contributed by atoms with E-state index in [2.05, 4.69) is 98.6 Å². The number of allylic oxidation sites excluding steroid dienone is 2. The molecule has 48 heavy (non-hydrogen) atoms. The van der Waals surface area contributed by atoms with Gasteiger partial charge >= 0.3 is 0 Å². The first-order valence-corrected chi connectivity index (χ1v) is 17.8. The van der Waals surface area contributed by atoms with Crippen molar-refractivity contribution < 1.29 is 30.0 Å². The molecule has 2 heterocycles. The van der Waals surface area contributed by atoms with E-state index in [9.17, 15) is 9.90 Å². The number of thiophene rings is 1. The quantitative estimate of drug-likeness (QED) is 0.0895. The third-order valence-corrected chi connectivity index (χ3v) is 10.2. The summed E-state index contributed by atoms with van der Waals surface area (Å²) < 4.78 is 1.29. The molecule has 2 aromatic heterocycles. The van der Waals surface area contributed by atoms with E-state index in [0.717, 1.165) is 53.6 Å². The number of carbonyl (C=O) groups is 1. The summed E-state index contributed by atoms with van der Waals surface area (Å²) in [5, 5.41) is 17.2. The fourth-order valence-electron chi connectivity index (χ4n) is 6.47. The average Bonchev–Trinajstić information content (AvgIpc) is 3.44. The first-order chi connectivity index (χ1) is 22.6. The number of aliphatic hydroxyl groups is 1. The van der Waals surface area contributed by atoms with Gasteiger partial charge in [-0.05, 0) is 65.3 Å². The van der Waals surface area contributed by atoms with E-state index in [1.54, 1.807) is 17.7 Å². The average molecular weight is 836 g/mol. The number of rotatable bonds is 9. The smallest absolute Gasteiger partial charge is 0.162 e. The van der Waals surface area contributed by atoms with E-state index in [1.165, 1.54) is 43.3 Å². The zero-order chi connectivity index (χ0) is 33.7. The molecule has 0 aliphatic heterocycles. The van der Waals surface area contributed by atoms with Crippen LogP contribution in [0.2, 0.25) is 0 Å². The topological polar surface area (TPSA) is 63.1 Å². The summed E-state index contributed by atoms with van der Waals surface area (Å²) in [6, 6.07) is 27.3. The summed E-state index contributed by atoms with van der Waals surface area (Å²) in [6.45, 7) is 15.0. The van der Waals surface area contributed by atoms with Crippen LogP contribution in [0.4, 0.5) is 0 Å². The molecule has 0 saturated carbocycles. The Morgan fingerprint density at radius 3 is 2.12 bits per heavy atom. The van der Waals surface area contributed by atoms with Gasteiger partial charge in [0.15, 0.2) is 5.78 Å². The van der Waals surface area contributed by atoms with E-state index < -0.39 is 0 Å². The molecule has 0 aliphatic carbocycles. The molecule has 0 fully saturated rings. The second-order valence-electron chi connectivity index (χ2n) is 13.7. The van der Waals surface area contributed by atoms with Gasteiger partial charge in [0.25, 0.3) is 0 Å². The van der Waals surface area contributed by atoms with Crippen LogP contribution in [0.15, 0.2) is 84.9 Å². The van der Waals surface area contributed by atoms with Crippen LogP contribution in [0, 0.1) is 23.3 Å². The molecule has 1 radical (unpaired) electrons. The van der Waals surface area contributed by atoms with Gasteiger partial charge in [0.2, 0.25) is 0 Å². The van der Waals surface area contributed by atoms with Crippen molar-refractivity contribution in [3.8, 4) is 11.3 Å². The molecule has 0 saturated heterocycles. The minimum atomic E-state index is 0. The number of hydrogen-bond acceptors (Lipinski definition) is 5. The van der Waals surface area contributed by atoms with Crippen LogP contribution in [-0.4, -0.2) is 20.9 Å². The van der Waals surface area contributed by atoms with Gasteiger partial charge in [-0.25, -0.2) is 4.98 Å². The predicted molar refractivity (Wildman–Crippen MR) is 201 cm³/mol. The summed E-state index contributed by atoms with van der Waals surface area (Å²) in [5.74, 6) is 0.547. The number of benzene rings is 4. The number of hydrogen-bond donors (Lipinski definition) is 1. The molecule has 4 nitrogen and oxygen atoms in total. The minimum absolute atomic E-state index is 0. The molecule has 6 rings (SSSR count). The van der Waals surface area contributed by atoms with Crippen molar-refractivity contribution in [2.45, 2.75) is 80.6 Å². The Kier molecular flexibility index (Phi) is 12.7. The van der Waals surface area contributed by atoms with Crippen molar-refractivity contribution in [3.05, 3.63) is 96.5 Å². The van der Waals surface area contributed by atoms with Gasteiger partial charge < -0.3 is 5.11 Å². The maximum Gasteiger partial charge on any atom is 0.162 e. The summed E-state index contributed by atoms with van der Waals surface area (Å²) in [6.07, 6.45) is 7.61. The van der Waals surface area contributed by atoms with Gasteiger partial charge in [0.1, 0.15) is 11.2 Å². The van der Waals surface area contributed by atoms with E-state index >= 15 is 0 Å². The van der Waals surface area contributed by atoms with Crippen molar-refractivity contribution in [3.63, 3.8) is 0 Å². The molecule has 0 bridgehead atoms.